The molecule has 0 bridgehead atoms. The van der Waals surface area contributed by atoms with Crippen molar-refractivity contribution in [1.82, 2.24) is 4.98 Å². The highest BCUT2D eigenvalue weighted by Crippen LogP contribution is 2.48. The predicted molar refractivity (Wildman–Crippen MR) is 132 cm³/mol. The zero-order chi connectivity index (χ0) is 24.5. The molecule has 2 heterocycles. The Hall–Kier alpha value is -3.67. The maximum Gasteiger partial charge on any atom is 0.306 e. The zero-order valence-corrected chi connectivity index (χ0v) is 19.9. The molecule has 1 aromatic heterocycles. The number of ether oxygens (including phenoxy) is 2. The molecule has 0 radical (unpaired) electrons. The van der Waals surface area contributed by atoms with Crippen LogP contribution in [0, 0.1) is 11.8 Å². The lowest BCUT2D eigenvalue weighted by Crippen LogP contribution is -2.21. The Bertz CT molecular complexity index is 1270. The van der Waals surface area contributed by atoms with Gasteiger partial charge in [0.2, 0.25) is 5.88 Å². The maximum absolute atomic E-state index is 12.0. The summed E-state index contributed by atoms with van der Waals surface area (Å²) >= 11 is 0. The van der Waals surface area contributed by atoms with E-state index < -0.39 is 11.9 Å². The largest absolute Gasteiger partial charge is 0.485 e. The first kappa shape index (κ1) is 23.1. The number of carbonyl (C=O) groups is 2. The average Bonchev–Trinajstić information content (AvgIpc) is 3.73. The highest BCUT2D eigenvalue weighted by atomic mass is 16.5. The van der Waals surface area contributed by atoms with Crippen LogP contribution in [0.15, 0.2) is 54.7 Å². The van der Waals surface area contributed by atoms with Crippen LogP contribution in [0.5, 0.6) is 11.6 Å². The van der Waals surface area contributed by atoms with Gasteiger partial charge in [-0.25, -0.2) is 4.98 Å². The minimum absolute atomic E-state index is 0.0000737. The second-order valence-corrected chi connectivity index (χ2v) is 9.55. The lowest BCUT2D eigenvalue weighted by Gasteiger charge is -2.29. The number of methoxy groups -OCH3 is 1. The average molecular weight is 472 g/mol. The number of fused-ring (bicyclic) bond motifs is 1. The first-order chi connectivity index (χ1) is 17.0. The molecule has 0 amide bonds. The van der Waals surface area contributed by atoms with E-state index in [4.69, 9.17) is 9.47 Å². The molecule has 1 aliphatic carbocycles. The van der Waals surface area contributed by atoms with E-state index in [1.165, 1.54) is 0 Å². The van der Waals surface area contributed by atoms with Crippen LogP contribution < -0.4 is 9.47 Å². The normalized spacial score (nSPS) is 18.6. The minimum Gasteiger partial charge on any atom is -0.485 e. The summed E-state index contributed by atoms with van der Waals surface area (Å²) in [6, 6.07) is 15.7. The molecule has 0 spiro atoms. The first-order valence-electron chi connectivity index (χ1n) is 12.1. The number of carboxylic acid groups (broad SMARTS) is 1. The summed E-state index contributed by atoms with van der Waals surface area (Å²) in [5.74, 6) is 0.542. The van der Waals surface area contributed by atoms with Crippen molar-refractivity contribution in [2.24, 2.45) is 11.8 Å². The molecule has 2 aliphatic rings. The summed E-state index contributed by atoms with van der Waals surface area (Å²) < 4.78 is 11.7. The fourth-order valence-electron chi connectivity index (χ4n) is 5.24. The lowest BCUT2D eigenvalue weighted by atomic mass is 9.82. The quantitative estimate of drug-likeness (QED) is 0.415. The molecule has 1 N–H and O–H groups in total. The van der Waals surface area contributed by atoms with Crippen LogP contribution in [-0.4, -0.2) is 29.5 Å². The summed E-state index contributed by atoms with van der Waals surface area (Å²) in [7, 11) is 1.56. The Morgan fingerprint density at radius 3 is 2.69 bits per heavy atom. The molecule has 5 rings (SSSR count). The molecule has 1 aliphatic heterocycles. The predicted octanol–water partition coefficient (Wildman–Crippen LogP) is 5.85. The zero-order valence-electron chi connectivity index (χ0n) is 19.9. The van der Waals surface area contributed by atoms with E-state index in [0.29, 0.717) is 17.4 Å². The molecule has 2 aromatic carbocycles. The van der Waals surface area contributed by atoms with E-state index in [0.717, 1.165) is 65.5 Å². The number of rotatable bonds is 8. The topological polar surface area (TPSA) is 85.7 Å². The van der Waals surface area contributed by atoms with Gasteiger partial charge >= 0.3 is 5.97 Å². The van der Waals surface area contributed by atoms with Crippen LogP contribution in [0.25, 0.3) is 11.1 Å². The number of aromatic nitrogens is 1. The lowest BCUT2D eigenvalue weighted by molar-refractivity contribution is -0.142. The number of carboxylic acids is 1. The number of pyridine rings is 1. The molecule has 0 saturated heterocycles. The van der Waals surface area contributed by atoms with E-state index in [1.54, 1.807) is 20.2 Å². The number of aldehydes is 1. The van der Waals surface area contributed by atoms with E-state index in [2.05, 4.69) is 17.1 Å². The molecule has 6 heteroatoms. The van der Waals surface area contributed by atoms with Gasteiger partial charge in [-0.15, -0.1) is 0 Å². The van der Waals surface area contributed by atoms with Gasteiger partial charge < -0.3 is 14.6 Å². The first-order valence-corrected chi connectivity index (χ1v) is 12.1. The van der Waals surface area contributed by atoms with Crippen LogP contribution in [0.1, 0.15) is 65.3 Å². The molecule has 3 atom stereocenters. The van der Waals surface area contributed by atoms with Crippen LogP contribution in [-0.2, 0) is 11.2 Å². The molecule has 6 nitrogen and oxygen atoms in total. The molecule has 180 valence electrons. The number of benzene rings is 2. The third-order valence-electron chi connectivity index (χ3n) is 7.31. The number of hydrogen-bond donors (Lipinski definition) is 1. The Balaban J connectivity index is 1.42. The van der Waals surface area contributed by atoms with Crippen molar-refractivity contribution in [3.63, 3.8) is 0 Å². The summed E-state index contributed by atoms with van der Waals surface area (Å²) in [4.78, 5) is 27.8. The van der Waals surface area contributed by atoms with Gasteiger partial charge in [0.1, 0.15) is 11.9 Å². The third-order valence-corrected chi connectivity index (χ3v) is 7.31. The standard InChI is InChI=1S/C29H29NO5/c1-17(29(32)33)28(19-4-5-19)22-6-3-18-8-10-25(35-26(18)14-22)21-7-9-24(23(13-21)16-31)20-11-12-30-27(15-20)34-2/h3,6-7,9,11-17,19,25,28H,4-5,8,10H2,1-2H3,(H,32,33)/t17-,25?,28-/m0/s1. The number of carbonyl (C=O) groups excluding carboxylic acids is 1. The minimum atomic E-state index is -0.758. The molecular weight excluding hydrogens is 442 g/mol. The third kappa shape index (κ3) is 4.65. The van der Waals surface area contributed by atoms with Crippen molar-refractivity contribution < 1.29 is 24.2 Å². The molecule has 1 unspecified atom stereocenters. The van der Waals surface area contributed by atoms with Crippen molar-refractivity contribution in [1.29, 1.82) is 0 Å². The number of hydrogen-bond acceptors (Lipinski definition) is 5. The van der Waals surface area contributed by atoms with Crippen molar-refractivity contribution in [2.45, 2.75) is 44.6 Å². The Labute approximate surface area is 204 Å². The van der Waals surface area contributed by atoms with Gasteiger partial charge in [-0.3, -0.25) is 9.59 Å². The van der Waals surface area contributed by atoms with Crippen LogP contribution in [0.3, 0.4) is 0 Å². The Kier molecular flexibility index (Phi) is 6.29. The Morgan fingerprint density at radius 1 is 1.14 bits per heavy atom. The van der Waals surface area contributed by atoms with Crippen molar-refractivity contribution in [2.75, 3.05) is 7.11 Å². The number of nitrogens with zero attached hydrogens (tertiary/aromatic N) is 1. The van der Waals surface area contributed by atoms with Gasteiger partial charge in [0.25, 0.3) is 0 Å². The molecule has 1 fully saturated rings. The van der Waals surface area contributed by atoms with Crippen molar-refractivity contribution in [3.05, 3.63) is 77.0 Å². The molecular formula is C29H29NO5. The van der Waals surface area contributed by atoms with Crippen LogP contribution in [0.2, 0.25) is 0 Å². The summed E-state index contributed by atoms with van der Waals surface area (Å²) in [5.41, 5.74) is 5.39. The summed E-state index contributed by atoms with van der Waals surface area (Å²) in [5, 5.41) is 9.63. The van der Waals surface area contributed by atoms with E-state index in [-0.39, 0.29) is 12.0 Å². The van der Waals surface area contributed by atoms with Crippen molar-refractivity contribution >= 4 is 12.3 Å². The van der Waals surface area contributed by atoms with Gasteiger partial charge in [0.15, 0.2) is 6.29 Å². The van der Waals surface area contributed by atoms with Crippen LogP contribution >= 0.6 is 0 Å². The van der Waals surface area contributed by atoms with Gasteiger partial charge in [-0.1, -0.05) is 31.2 Å². The SMILES string of the molecule is COc1cc(-c2ccc(C3CCc4ccc([C@H](C5CC5)[C@H](C)C(=O)O)cc4O3)cc2C=O)ccn1. The highest BCUT2D eigenvalue weighted by Gasteiger charge is 2.39. The maximum atomic E-state index is 12.0. The highest BCUT2D eigenvalue weighted by molar-refractivity contribution is 5.88. The fourth-order valence-corrected chi connectivity index (χ4v) is 5.24. The van der Waals surface area contributed by atoms with E-state index >= 15 is 0 Å². The van der Waals surface area contributed by atoms with Gasteiger partial charge in [0.05, 0.1) is 13.0 Å². The Morgan fingerprint density at radius 2 is 1.97 bits per heavy atom. The molecule has 1 saturated carbocycles. The van der Waals surface area contributed by atoms with E-state index in [1.807, 2.05) is 36.4 Å². The fraction of sp³-hybridized carbons (Fsp3) is 0.345. The smallest absolute Gasteiger partial charge is 0.306 e. The second kappa shape index (κ2) is 9.53. The number of aliphatic carboxylic acids is 1. The van der Waals surface area contributed by atoms with Crippen molar-refractivity contribution in [3.8, 4) is 22.8 Å². The second-order valence-electron chi connectivity index (χ2n) is 9.55. The molecule has 3 aromatic rings. The molecule has 35 heavy (non-hydrogen) atoms. The van der Waals surface area contributed by atoms with Crippen LogP contribution in [0.4, 0.5) is 0 Å². The van der Waals surface area contributed by atoms with E-state index in [9.17, 15) is 14.7 Å². The monoisotopic (exact) mass is 471 g/mol. The number of aryl methyl sites for hydroxylation is 1. The van der Waals surface area contributed by atoms with Gasteiger partial charge in [0, 0.05) is 17.8 Å². The summed E-state index contributed by atoms with van der Waals surface area (Å²) in [6.45, 7) is 1.80. The summed E-state index contributed by atoms with van der Waals surface area (Å²) in [6.07, 6.45) is 6.19. The van der Waals surface area contributed by atoms with Gasteiger partial charge in [-0.2, -0.15) is 0 Å². The van der Waals surface area contributed by atoms with Gasteiger partial charge in [-0.05, 0) is 83.5 Å².